The Bertz CT molecular complexity index is 2050. The molecular formula is C39H43K2N3O9S. The first-order valence-electron chi connectivity index (χ1n) is 17.0. The van der Waals surface area contributed by atoms with E-state index < -0.39 is 39.7 Å². The number of carboxylic acids is 2. The van der Waals surface area contributed by atoms with Gasteiger partial charge < -0.3 is 25.6 Å². The number of carbonyl (C=O) groups is 4. The van der Waals surface area contributed by atoms with Gasteiger partial charge in [0.2, 0.25) is 10.0 Å². The van der Waals surface area contributed by atoms with Crippen molar-refractivity contribution in [2.75, 3.05) is 24.3 Å². The van der Waals surface area contributed by atoms with Gasteiger partial charge in [0.05, 0.1) is 34.7 Å². The molecule has 1 aliphatic rings. The fourth-order valence-corrected chi connectivity index (χ4v) is 8.11. The Hall–Kier alpha value is -2.26. The third kappa shape index (κ3) is 11.9. The van der Waals surface area contributed by atoms with Crippen molar-refractivity contribution in [3.63, 3.8) is 0 Å². The van der Waals surface area contributed by atoms with Gasteiger partial charge in [0.1, 0.15) is 5.75 Å². The number of rotatable bonds is 14. The number of carboxylic acid groups (broad SMARTS) is 2. The van der Waals surface area contributed by atoms with Crippen molar-refractivity contribution >= 4 is 148 Å². The number of methoxy groups -OCH3 is 1. The molecule has 0 bridgehead atoms. The predicted molar refractivity (Wildman–Crippen MR) is 210 cm³/mol. The van der Waals surface area contributed by atoms with Crippen LogP contribution in [0.3, 0.4) is 0 Å². The average Bonchev–Trinajstić information content (AvgIpc) is 3.15. The molecule has 1 saturated carbocycles. The Balaban J connectivity index is 0.00000392. The van der Waals surface area contributed by atoms with E-state index >= 15 is 0 Å². The van der Waals surface area contributed by atoms with Gasteiger partial charge in [-0.05, 0) is 110 Å². The molecule has 0 spiro atoms. The monoisotopic (exact) mass is 807 g/mol. The molecule has 1 fully saturated rings. The van der Waals surface area contributed by atoms with Crippen LogP contribution >= 0.6 is 0 Å². The van der Waals surface area contributed by atoms with Gasteiger partial charge in [-0.3, -0.25) is 14.4 Å². The first-order chi connectivity index (χ1) is 24.9. The minimum absolute atomic E-state index is 0. The molecule has 0 aromatic heterocycles. The summed E-state index contributed by atoms with van der Waals surface area (Å²) in [4.78, 5) is 49.5. The summed E-state index contributed by atoms with van der Waals surface area (Å²) in [6, 6.07) is 24.0. The maximum absolute atomic E-state index is 13.7. The van der Waals surface area contributed by atoms with E-state index in [2.05, 4.69) is 10.6 Å². The van der Waals surface area contributed by atoms with Gasteiger partial charge in [0, 0.05) is 23.8 Å². The second-order valence-electron chi connectivity index (χ2n) is 12.6. The van der Waals surface area contributed by atoms with Crippen molar-refractivity contribution in [2.24, 2.45) is 5.92 Å². The molecule has 15 heteroatoms. The number of benzene rings is 4. The molecule has 1 aliphatic carbocycles. The predicted octanol–water partition coefficient (Wildman–Crippen LogP) is 5.04. The summed E-state index contributed by atoms with van der Waals surface area (Å²) in [5.41, 5.74) is 3.16. The Morgan fingerprint density at radius 2 is 1.37 bits per heavy atom. The number of aryl methyl sites for hydroxylation is 2. The number of aromatic carboxylic acids is 1. The summed E-state index contributed by atoms with van der Waals surface area (Å²) < 4.78 is 34.2. The maximum atomic E-state index is 13.7. The zero-order valence-corrected chi connectivity index (χ0v) is 29.7. The summed E-state index contributed by atoms with van der Waals surface area (Å²) in [6.07, 6.45) is 3.07. The number of nitrogens with one attached hydrogen (secondary N) is 2. The van der Waals surface area contributed by atoms with E-state index in [1.807, 2.05) is 12.1 Å². The zero-order valence-electron chi connectivity index (χ0n) is 28.9. The number of sulfonamides is 1. The quantitative estimate of drug-likeness (QED) is 0.127. The summed E-state index contributed by atoms with van der Waals surface area (Å²) in [6.45, 7) is 1.92. The van der Waals surface area contributed by atoms with Gasteiger partial charge in [0.25, 0.3) is 11.8 Å². The first-order valence-corrected chi connectivity index (χ1v) is 18.4. The summed E-state index contributed by atoms with van der Waals surface area (Å²) in [7, 11) is -2.55. The number of hydrogen-bond donors (Lipinski definition) is 4. The van der Waals surface area contributed by atoms with Crippen LogP contribution in [-0.2, 0) is 27.7 Å². The average molecular weight is 808 g/mol. The fourth-order valence-electron chi connectivity index (χ4n) is 6.37. The van der Waals surface area contributed by atoms with Crippen molar-refractivity contribution in [3.05, 3.63) is 119 Å². The van der Waals surface area contributed by atoms with E-state index in [4.69, 9.17) is 9.84 Å². The van der Waals surface area contributed by atoms with Gasteiger partial charge in [-0.25, -0.2) is 13.2 Å². The Labute approximate surface area is 400 Å². The molecule has 54 heavy (non-hydrogen) atoms. The molecule has 0 atom stereocenters. The molecule has 0 saturated heterocycles. The van der Waals surface area contributed by atoms with E-state index in [1.165, 1.54) is 47.8 Å². The zero-order chi connectivity index (χ0) is 37.4. The molecule has 0 heterocycles. The molecule has 4 N–H and O–H groups in total. The first kappa shape index (κ1) is 46.1. The van der Waals surface area contributed by atoms with Crippen LogP contribution in [0.1, 0.15) is 74.8 Å². The second kappa shape index (κ2) is 21.3. The number of anilines is 2. The topological polar surface area (TPSA) is 179 Å². The number of nitrogens with zero attached hydrogens (tertiary/aromatic N) is 1. The van der Waals surface area contributed by atoms with Crippen molar-refractivity contribution in [2.45, 2.75) is 56.4 Å². The number of carbonyl (C=O) groups excluding carboxylic acids is 2. The summed E-state index contributed by atoms with van der Waals surface area (Å²) in [5, 5.41) is 24.0. The molecule has 276 valence electrons. The van der Waals surface area contributed by atoms with Crippen LogP contribution in [0.15, 0.2) is 95.9 Å². The van der Waals surface area contributed by atoms with E-state index in [0.717, 1.165) is 11.1 Å². The molecule has 4 aromatic carbocycles. The van der Waals surface area contributed by atoms with Crippen LogP contribution in [0.5, 0.6) is 5.75 Å². The van der Waals surface area contributed by atoms with E-state index in [1.54, 1.807) is 49.4 Å². The third-order valence-electron chi connectivity index (χ3n) is 9.30. The normalized spacial score (nSPS) is 15.2. The van der Waals surface area contributed by atoms with Crippen LogP contribution < -0.4 is 15.4 Å². The number of aliphatic carboxylic acids is 1. The third-order valence-corrected chi connectivity index (χ3v) is 11.3. The van der Waals surface area contributed by atoms with Crippen LogP contribution in [-0.4, -0.2) is 169 Å². The minimum atomic E-state index is -4.00. The van der Waals surface area contributed by atoms with Crippen molar-refractivity contribution in [3.8, 4) is 5.75 Å². The molecular weight excluding hydrogens is 765 g/mol. The molecule has 4 aromatic rings. The second-order valence-corrected chi connectivity index (χ2v) is 14.5. The number of amides is 2. The van der Waals surface area contributed by atoms with E-state index in [9.17, 15) is 32.7 Å². The van der Waals surface area contributed by atoms with Gasteiger partial charge in [-0.1, -0.05) is 37.3 Å². The molecule has 0 aliphatic heterocycles. The van der Waals surface area contributed by atoms with Crippen molar-refractivity contribution in [1.29, 1.82) is 0 Å². The van der Waals surface area contributed by atoms with Crippen LogP contribution in [0.2, 0.25) is 0 Å². The van der Waals surface area contributed by atoms with Crippen molar-refractivity contribution < 1.29 is 42.5 Å². The Kier molecular flexibility index (Phi) is 18.2. The van der Waals surface area contributed by atoms with Crippen molar-refractivity contribution in [1.82, 2.24) is 4.31 Å². The standard InChI is InChI=1S/C39H41N3O9S.2K.2H/c1-3-42(31-19-15-28(16-20-31)39(47)48)52(49,50)33-6-4-5-29(23-33)36(43)41-35-22-21-32(51-2)24-34(35)37(44)40-30-17-11-26(12-18-30)8-7-25-9-13-27(14-10-25)38(45)46;;;;/h4-6,9-14,17-18,21-24,28,31H,3,7-8,15-16,19-20H2,1-2H3,(H,40,44)(H,41,43)(H,45,46)(H,47,48);;;;. The number of ether oxygens (including phenoxy) is 1. The van der Waals surface area contributed by atoms with Gasteiger partial charge >= 0.3 is 115 Å². The van der Waals surface area contributed by atoms with Crippen LogP contribution in [0.4, 0.5) is 11.4 Å². The molecule has 5 rings (SSSR count). The molecule has 12 nitrogen and oxygen atoms in total. The number of hydrogen-bond acceptors (Lipinski definition) is 7. The molecule has 0 radical (unpaired) electrons. The molecule has 0 unspecified atom stereocenters. The van der Waals surface area contributed by atoms with Crippen LogP contribution in [0, 0.1) is 5.92 Å². The van der Waals surface area contributed by atoms with E-state index in [-0.39, 0.29) is 143 Å². The Morgan fingerprint density at radius 3 is 1.93 bits per heavy atom. The van der Waals surface area contributed by atoms with Crippen LogP contribution in [0.25, 0.3) is 0 Å². The molecule has 2 amide bonds. The van der Waals surface area contributed by atoms with E-state index in [0.29, 0.717) is 50.0 Å². The van der Waals surface area contributed by atoms with Gasteiger partial charge in [0.15, 0.2) is 0 Å². The SMILES string of the molecule is CCN(C1CCC(C(=O)O)CC1)S(=O)(=O)c1cccc(C(=O)Nc2ccc(OC)cc2C(=O)Nc2ccc(CCc3ccc(C(=O)O)cc3)cc2)c1.[KH].[KH]. The fraction of sp³-hybridized carbons (Fsp3) is 0.282. The van der Waals surface area contributed by atoms with Gasteiger partial charge in [-0.15, -0.1) is 0 Å². The van der Waals surface area contributed by atoms with Gasteiger partial charge in [-0.2, -0.15) is 4.31 Å². The summed E-state index contributed by atoms with van der Waals surface area (Å²) in [5.74, 6) is -3.06. The Morgan fingerprint density at radius 1 is 0.759 bits per heavy atom. The summed E-state index contributed by atoms with van der Waals surface area (Å²) >= 11 is 0.